The molecule has 1 aromatic rings. The molecule has 1 saturated carbocycles. The summed E-state index contributed by atoms with van der Waals surface area (Å²) in [5, 5.41) is 0. The first-order chi connectivity index (χ1) is 6.75. The molecule has 1 aromatic heterocycles. The quantitative estimate of drug-likeness (QED) is 0.771. The molecule has 1 aliphatic carbocycles. The summed E-state index contributed by atoms with van der Waals surface area (Å²) in [4.78, 5) is 11.2. The lowest BCUT2D eigenvalue weighted by atomic mass is 9.87. The van der Waals surface area contributed by atoms with Gasteiger partial charge in [-0.15, -0.1) is 0 Å². The lowest BCUT2D eigenvalue weighted by Gasteiger charge is -2.20. The van der Waals surface area contributed by atoms with Crippen molar-refractivity contribution in [2.45, 2.75) is 38.0 Å². The van der Waals surface area contributed by atoms with E-state index in [1.165, 1.54) is 25.3 Å². The van der Waals surface area contributed by atoms with Gasteiger partial charge in [-0.1, -0.05) is 35.2 Å². The predicted octanol–water partition coefficient (Wildman–Crippen LogP) is 3.45. The molecule has 2 nitrogen and oxygen atoms in total. The van der Waals surface area contributed by atoms with Crippen LogP contribution in [0, 0.1) is 0 Å². The second-order valence-electron chi connectivity index (χ2n) is 3.83. The van der Waals surface area contributed by atoms with Crippen LogP contribution in [0.3, 0.4) is 0 Å². The molecule has 0 spiro atoms. The third-order valence-corrected chi connectivity index (χ3v) is 3.22. The maximum atomic E-state index is 11.2. The van der Waals surface area contributed by atoms with Crippen LogP contribution in [0.2, 0.25) is 0 Å². The lowest BCUT2D eigenvalue weighted by Crippen LogP contribution is -2.08. The Hall–Kier alpha value is -0.570. The largest absolute Gasteiger partial charge is 0.428 e. The maximum absolute atomic E-state index is 11.2. The average Bonchev–Trinajstić information content (AvgIpc) is 2.18. The summed E-state index contributed by atoms with van der Waals surface area (Å²) in [5.41, 5.74) is -0.250. The van der Waals surface area contributed by atoms with Crippen LogP contribution in [0.25, 0.3) is 0 Å². The van der Waals surface area contributed by atoms with Gasteiger partial charge in [0.05, 0.1) is 0 Å². The van der Waals surface area contributed by atoms with Crippen LogP contribution in [0.4, 0.5) is 0 Å². The van der Waals surface area contributed by atoms with Crippen LogP contribution in [0.5, 0.6) is 0 Å². The Morgan fingerprint density at radius 1 is 1.21 bits per heavy atom. The van der Waals surface area contributed by atoms with Gasteiger partial charge >= 0.3 is 5.63 Å². The summed E-state index contributed by atoms with van der Waals surface area (Å²) < 4.78 is 6.04. The van der Waals surface area contributed by atoms with Crippen molar-refractivity contribution in [1.82, 2.24) is 0 Å². The number of hydrogen-bond donors (Lipinski definition) is 0. The highest BCUT2D eigenvalue weighted by molar-refractivity contribution is 9.10. The Morgan fingerprint density at radius 3 is 2.57 bits per heavy atom. The highest BCUT2D eigenvalue weighted by Crippen LogP contribution is 2.32. The fourth-order valence-electron chi connectivity index (χ4n) is 2.05. The Bertz CT molecular complexity index is 364. The third-order valence-electron chi connectivity index (χ3n) is 2.76. The predicted molar refractivity (Wildman–Crippen MR) is 58.5 cm³/mol. The van der Waals surface area contributed by atoms with Crippen molar-refractivity contribution in [2.75, 3.05) is 0 Å². The van der Waals surface area contributed by atoms with Crippen LogP contribution < -0.4 is 5.63 Å². The summed E-state index contributed by atoms with van der Waals surface area (Å²) >= 11 is 3.32. The molecule has 1 aliphatic rings. The van der Waals surface area contributed by atoms with Crippen molar-refractivity contribution < 1.29 is 4.42 Å². The first-order valence-corrected chi connectivity index (χ1v) is 5.85. The van der Waals surface area contributed by atoms with E-state index in [0.717, 1.165) is 23.1 Å². The van der Waals surface area contributed by atoms with E-state index >= 15 is 0 Å². The summed E-state index contributed by atoms with van der Waals surface area (Å²) in [5.74, 6) is 1.30. The van der Waals surface area contributed by atoms with Crippen molar-refractivity contribution >= 4 is 15.9 Å². The standard InChI is InChI=1S/C11H13BrO2/c12-9-6-10(14-11(13)7-9)8-4-2-1-3-5-8/h6-8H,1-5H2. The number of rotatable bonds is 1. The molecule has 0 aliphatic heterocycles. The van der Waals surface area contributed by atoms with Crippen molar-refractivity contribution in [3.63, 3.8) is 0 Å². The average molecular weight is 257 g/mol. The Morgan fingerprint density at radius 2 is 1.93 bits per heavy atom. The van der Waals surface area contributed by atoms with Gasteiger partial charge in [-0.2, -0.15) is 0 Å². The molecule has 0 bridgehead atoms. The van der Waals surface area contributed by atoms with E-state index in [-0.39, 0.29) is 5.63 Å². The van der Waals surface area contributed by atoms with Gasteiger partial charge in [0, 0.05) is 16.5 Å². The minimum absolute atomic E-state index is 0.250. The lowest BCUT2D eigenvalue weighted by molar-refractivity contribution is 0.354. The van der Waals surface area contributed by atoms with Crippen LogP contribution in [-0.4, -0.2) is 0 Å². The van der Waals surface area contributed by atoms with Crippen LogP contribution >= 0.6 is 15.9 Å². The van der Waals surface area contributed by atoms with Gasteiger partial charge in [-0.3, -0.25) is 0 Å². The number of halogens is 1. The number of hydrogen-bond acceptors (Lipinski definition) is 2. The van der Waals surface area contributed by atoms with Gasteiger partial charge in [0.15, 0.2) is 0 Å². The van der Waals surface area contributed by atoms with Crippen LogP contribution in [-0.2, 0) is 0 Å². The molecule has 0 amide bonds. The molecule has 0 N–H and O–H groups in total. The zero-order valence-electron chi connectivity index (χ0n) is 7.96. The molecule has 1 fully saturated rings. The minimum atomic E-state index is -0.250. The minimum Gasteiger partial charge on any atom is -0.428 e. The zero-order valence-corrected chi connectivity index (χ0v) is 9.55. The van der Waals surface area contributed by atoms with Crippen molar-refractivity contribution in [3.8, 4) is 0 Å². The van der Waals surface area contributed by atoms with Gasteiger partial charge in [-0.05, 0) is 18.9 Å². The second-order valence-corrected chi connectivity index (χ2v) is 4.75. The molecule has 0 saturated heterocycles. The molecule has 14 heavy (non-hydrogen) atoms. The molecular formula is C11H13BrO2. The monoisotopic (exact) mass is 256 g/mol. The van der Waals surface area contributed by atoms with Gasteiger partial charge < -0.3 is 4.42 Å². The molecule has 0 radical (unpaired) electrons. The Balaban J connectivity index is 2.26. The molecule has 0 atom stereocenters. The fourth-order valence-corrected chi connectivity index (χ4v) is 2.47. The summed E-state index contributed by atoms with van der Waals surface area (Å²) in [7, 11) is 0. The SMILES string of the molecule is O=c1cc(Br)cc(C2CCCCC2)o1. The van der Waals surface area contributed by atoms with E-state index in [9.17, 15) is 4.79 Å². The Labute approximate surface area is 91.4 Å². The first-order valence-electron chi connectivity index (χ1n) is 5.06. The molecule has 1 heterocycles. The van der Waals surface area contributed by atoms with E-state index in [1.807, 2.05) is 6.07 Å². The maximum Gasteiger partial charge on any atom is 0.336 e. The summed E-state index contributed by atoms with van der Waals surface area (Å²) in [6.07, 6.45) is 6.12. The highest BCUT2D eigenvalue weighted by atomic mass is 79.9. The molecule has 2 rings (SSSR count). The topological polar surface area (TPSA) is 30.2 Å². The Kier molecular flexibility index (Phi) is 3.06. The normalized spacial score (nSPS) is 18.4. The van der Waals surface area contributed by atoms with Gasteiger partial charge in [0.2, 0.25) is 0 Å². The fraction of sp³-hybridized carbons (Fsp3) is 0.545. The van der Waals surface area contributed by atoms with Crippen molar-refractivity contribution in [3.05, 3.63) is 32.8 Å². The van der Waals surface area contributed by atoms with E-state index in [2.05, 4.69) is 15.9 Å². The van der Waals surface area contributed by atoms with Crippen molar-refractivity contribution in [1.29, 1.82) is 0 Å². The van der Waals surface area contributed by atoms with Gasteiger partial charge in [0.1, 0.15) is 5.76 Å². The van der Waals surface area contributed by atoms with Crippen LogP contribution in [0.1, 0.15) is 43.8 Å². The highest BCUT2D eigenvalue weighted by Gasteiger charge is 2.18. The smallest absolute Gasteiger partial charge is 0.336 e. The van der Waals surface area contributed by atoms with Crippen LogP contribution in [0.15, 0.2) is 25.8 Å². The molecular weight excluding hydrogens is 244 g/mol. The molecule has 0 unspecified atom stereocenters. The van der Waals surface area contributed by atoms with Gasteiger partial charge in [-0.25, -0.2) is 4.79 Å². The zero-order chi connectivity index (χ0) is 9.97. The summed E-state index contributed by atoms with van der Waals surface area (Å²) in [6.45, 7) is 0. The summed E-state index contributed by atoms with van der Waals surface area (Å²) in [6, 6.07) is 3.39. The van der Waals surface area contributed by atoms with E-state index < -0.39 is 0 Å². The third kappa shape index (κ3) is 2.27. The van der Waals surface area contributed by atoms with E-state index in [1.54, 1.807) is 0 Å². The first kappa shape index (κ1) is 9.97. The van der Waals surface area contributed by atoms with E-state index in [4.69, 9.17) is 4.42 Å². The molecule has 3 heteroatoms. The second kappa shape index (κ2) is 4.30. The molecule has 76 valence electrons. The van der Waals surface area contributed by atoms with Gasteiger partial charge in [0.25, 0.3) is 0 Å². The van der Waals surface area contributed by atoms with Crippen molar-refractivity contribution in [2.24, 2.45) is 0 Å². The van der Waals surface area contributed by atoms with E-state index in [0.29, 0.717) is 5.92 Å². The molecule has 0 aromatic carbocycles.